The van der Waals surface area contributed by atoms with Gasteiger partial charge in [0.2, 0.25) is 0 Å². The van der Waals surface area contributed by atoms with Gasteiger partial charge in [-0.3, -0.25) is 4.90 Å². The zero-order chi connectivity index (χ0) is 12.8. The van der Waals surface area contributed by atoms with Crippen LogP contribution in [0.25, 0.3) is 0 Å². The van der Waals surface area contributed by atoms with Gasteiger partial charge in [-0.15, -0.1) is 0 Å². The van der Waals surface area contributed by atoms with Crippen LogP contribution in [0.1, 0.15) is 40.0 Å². The highest BCUT2D eigenvalue weighted by atomic mass is 15.2. The van der Waals surface area contributed by atoms with Crippen LogP contribution in [0, 0.1) is 0 Å². The van der Waals surface area contributed by atoms with Crippen LogP contribution in [0.4, 0.5) is 0 Å². The number of hydrogen-bond acceptors (Lipinski definition) is 3. The van der Waals surface area contributed by atoms with E-state index in [2.05, 4.69) is 50.0 Å². The number of likely N-dealkylation sites (tertiary alicyclic amines) is 1. The average molecular weight is 241 g/mol. The zero-order valence-electron chi connectivity index (χ0n) is 12.4. The molecule has 0 spiro atoms. The van der Waals surface area contributed by atoms with Gasteiger partial charge < -0.3 is 10.2 Å². The van der Waals surface area contributed by atoms with E-state index in [1.54, 1.807) is 0 Å². The molecule has 3 unspecified atom stereocenters. The van der Waals surface area contributed by atoms with E-state index in [1.165, 1.54) is 32.4 Å². The predicted molar refractivity (Wildman–Crippen MR) is 75.5 cm³/mol. The fourth-order valence-electron chi connectivity index (χ4n) is 2.69. The summed E-state index contributed by atoms with van der Waals surface area (Å²) in [6.07, 6.45) is 3.95. The average Bonchev–Trinajstić information content (AvgIpc) is 2.72. The molecule has 1 heterocycles. The lowest BCUT2D eigenvalue weighted by Crippen LogP contribution is -2.47. The minimum Gasteiger partial charge on any atom is -0.313 e. The first-order valence-electron chi connectivity index (χ1n) is 7.18. The fourth-order valence-corrected chi connectivity index (χ4v) is 2.69. The number of rotatable bonds is 7. The summed E-state index contributed by atoms with van der Waals surface area (Å²) in [6.45, 7) is 10.5. The Bertz CT molecular complexity index is 206. The van der Waals surface area contributed by atoms with Crippen LogP contribution >= 0.6 is 0 Å². The van der Waals surface area contributed by atoms with E-state index in [1.807, 2.05) is 0 Å². The molecule has 0 aromatic heterocycles. The minimum atomic E-state index is 0.646. The maximum absolute atomic E-state index is 3.63. The number of nitrogens with zero attached hydrogens (tertiary/aromatic N) is 2. The summed E-state index contributed by atoms with van der Waals surface area (Å²) in [6, 6.07) is 2.07. The van der Waals surface area contributed by atoms with Crippen LogP contribution in [0.2, 0.25) is 0 Å². The van der Waals surface area contributed by atoms with E-state index in [4.69, 9.17) is 0 Å². The van der Waals surface area contributed by atoms with Crippen molar-refractivity contribution in [3.8, 4) is 0 Å². The van der Waals surface area contributed by atoms with E-state index in [9.17, 15) is 0 Å². The molecule has 0 aromatic carbocycles. The molecule has 0 amide bonds. The zero-order valence-corrected chi connectivity index (χ0v) is 12.4. The Balaban J connectivity index is 2.36. The van der Waals surface area contributed by atoms with Crippen molar-refractivity contribution < 1.29 is 0 Å². The maximum Gasteiger partial charge on any atom is 0.0226 e. The monoisotopic (exact) mass is 241 g/mol. The quantitative estimate of drug-likeness (QED) is 0.733. The molecule has 17 heavy (non-hydrogen) atoms. The summed E-state index contributed by atoms with van der Waals surface area (Å²) in [5, 5.41) is 3.63. The van der Waals surface area contributed by atoms with E-state index in [0.717, 1.165) is 12.6 Å². The van der Waals surface area contributed by atoms with Gasteiger partial charge in [0.15, 0.2) is 0 Å². The van der Waals surface area contributed by atoms with Crippen molar-refractivity contribution in [2.75, 3.05) is 33.7 Å². The first-order chi connectivity index (χ1) is 8.04. The predicted octanol–water partition coefficient (Wildman–Crippen LogP) is 1.79. The Hall–Kier alpha value is -0.120. The third-order valence-electron chi connectivity index (χ3n) is 3.94. The molecular formula is C14H31N3. The first-order valence-corrected chi connectivity index (χ1v) is 7.18. The summed E-state index contributed by atoms with van der Waals surface area (Å²) >= 11 is 0. The third kappa shape index (κ3) is 4.94. The summed E-state index contributed by atoms with van der Waals surface area (Å²) in [5.74, 6) is 0. The Morgan fingerprint density at radius 2 is 2.06 bits per heavy atom. The lowest BCUT2D eigenvalue weighted by Gasteiger charge is -2.33. The van der Waals surface area contributed by atoms with Crippen LogP contribution in [0.3, 0.4) is 0 Å². The van der Waals surface area contributed by atoms with Crippen molar-refractivity contribution in [1.82, 2.24) is 15.1 Å². The SMILES string of the molecule is CCC(C)NCC(C)N1CCCC1CN(C)C. The van der Waals surface area contributed by atoms with E-state index in [0.29, 0.717) is 12.1 Å². The van der Waals surface area contributed by atoms with Gasteiger partial charge in [-0.1, -0.05) is 6.92 Å². The highest BCUT2D eigenvalue weighted by Crippen LogP contribution is 2.20. The molecule has 3 heteroatoms. The summed E-state index contributed by atoms with van der Waals surface area (Å²) < 4.78 is 0. The van der Waals surface area contributed by atoms with Crippen molar-refractivity contribution in [3.05, 3.63) is 0 Å². The normalized spacial score (nSPS) is 25.4. The molecule has 1 saturated heterocycles. The van der Waals surface area contributed by atoms with Crippen LogP contribution in [-0.2, 0) is 0 Å². The molecule has 1 fully saturated rings. The molecule has 3 nitrogen and oxygen atoms in total. The topological polar surface area (TPSA) is 18.5 Å². The van der Waals surface area contributed by atoms with Gasteiger partial charge in [-0.2, -0.15) is 0 Å². The second-order valence-electron chi connectivity index (χ2n) is 5.86. The molecule has 0 aliphatic carbocycles. The van der Waals surface area contributed by atoms with Gasteiger partial charge in [0.25, 0.3) is 0 Å². The molecule has 0 bridgehead atoms. The smallest absolute Gasteiger partial charge is 0.0226 e. The lowest BCUT2D eigenvalue weighted by atomic mass is 10.1. The Labute approximate surface area is 108 Å². The standard InChI is InChI=1S/C14H31N3/c1-6-12(2)15-10-13(3)17-9-7-8-14(17)11-16(4)5/h12-15H,6-11H2,1-5H3. The van der Waals surface area contributed by atoms with Crippen molar-refractivity contribution >= 4 is 0 Å². The maximum atomic E-state index is 3.63. The molecule has 1 aliphatic heterocycles. The van der Waals surface area contributed by atoms with Crippen molar-refractivity contribution in [2.45, 2.75) is 58.2 Å². The molecule has 0 aromatic rings. The van der Waals surface area contributed by atoms with Gasteiger partial charge in [0.05, 0.1) is 0 Å². The van der Waals surface area contributed by atoms with Gasteiger partial charge in [-0.05, 0) is 53.8 Å². The Morgan fingerprint density at radius 1 is 1.35 bits per heavy atom. The summed E-state index contributed by atoms with van der Waals surface area (Å²) in [4.78, 5) is 5.01. The molecule has 0 radical (unpaired) electrons. The molecule has 102 valence electrons. The Morgan fingerprint density at radius 3 is 2.65 bits per heavy atom. The molecular weight excluding hydrogens is 210 g/mol. The summed E-state index contributed by atoms with van der Waals surface area (Å²) in [5.41, 5.74) is 0. The number of likely N-dealkylation sites (N-methyl/N-ethyl adjacent to an activating group) is 1. The van der Waals surface area contributed by atoms with Crippen molar-refractivity contribution in [2.24, 2.45) is 0 Å². The number of nitrogens with one attached hydrogen (secondary N) is 1. The summed E-state index contributed by atoms with van der Waals surface area (Å²) in [7, 11) is 4.36. The molecule has 1 rings (SSSR count). The minimum absolute atomic E-state index is 0.646. The molecule has 1 N–H and O–H groups in total. The van der Waals surface area contributed by atoms with E-state index >= 15 is 0 Å². The van der Waals surface area contributed by atoms with Crippen LogP contribution < -0.4 is 5.32 Å². The highest BCUT2D eigenvalue weighted by Gasteiger charge is 2.28. The molecule has 0 saturated carbocycles. The Kier molecular flexibility index (Phi) is 6.45. The largest absolute Gasteiger partial charge is 0.313 e. The van der Waals surface area contributed by atoms with Crippen LogP contribution in [-0.4, -0.2) is 61.7 Å². The van der Waals surface area contributed by atoms with Crippen molar-refractivity contribution in [3.63, 3.8) is 0 Å². The molecule has 3 atom stereocenters. The van der Waals surface area contributed by atoms with Crippen LogP contribution in [0.15, 0.2) is 0 Å². The second kappa shape index (κ2) is 7.34. The lowest BCUT2D eigenvalue weighted by molar-refractivity contribution is 0.157. The van der Waals surface area contributed by atoms with Gasteiger partial charge in [0, 0.05) is 31.2 Å². The third-order valence-corrected chi connectivity index (χ3v) is 3.94. The first kappa shape index (κ1) is 14.9. The highest BCUT2D eigenvalue weighted by molar-refractivity contribution is 4.85. The van der Waals surface area contributed by atoms with Crippen LogP contribution in [0.5, 0.6) is 0 Å². The van der Waals surface area contributed by atoms with E-state index < -0.39 is 0 Å². The van der Waals surface area contributed by atoms with Crippen molar-refractivity contribution in [1.29, 1.82) is 0 Å². The van der Waals surface area contributed by atoms with E-state index in [-0.39, 0.29) is 0 Å². The second-order valence-corrected chi connectivity index (χ2v) is 5.86. The van der Waals surface area contributed by atoms with Gasteiger partial charge in [0.1, 0.15) is 0 Å². The molecule has 1 aliphatic rings. The van der Waals surface area contributed by atoms with Gasteiger partial charge in [-0.25, -0.2) is 0 Å². The van der Waals surface area contributed by atoms with Gasteiger partial charge >= 0.3 is 0 Å². The fraction of sp³-hybridized carbons (Fsp3) is 1.00. The number of hydrogen-bond donors (Lipinski definition) is 1.